The molecule has 1 aliphatic rings. The van der Waals surface area contributed by atoms with Crippen LogP contribution in [0.4, 0.5) is 0 Å². The lowest BCUT2D eigenvalue weighted by molar-refractivity contribution is -0.0285. The fourth-order valence-corrected chi connectivity index (χ4v) is 3.15. The monoisotopic (exact) mass is 273 g/mol. The van der Waals surface area contributed by atoms with Crippen LogP contribution in [0.25, 0.3) is 0 Å². The van der Waals surface area contributed by atoms with Crippen molar-refractivity contribution in [1.82, 2.24) is 4.47 Å². The van der Waals surface area contributed by atoms with E-state index in [4.69, 9.17) is 14.3 Å². The lowest BCUT2D eigenvalue weighted by atomic mass is 10.3. The number of ether oxygens (including phenoxy) is 2. The molecule has 1 aromatic rings. The second-order valence-electron chi connectivity index (χ2n) is 3.73. The zero-order valence-corrected chi connectivity index (χ0v) is 11.1. The second kappa shape index (κ2) is 5.13. The Balaban J connectivity index is 2.43. The molecule has 1 heterocycles. The van der Waals surface area contributed by atoms with Gasteiger partial charge in [0.25, 0.3) is 10.0 Å². The summed E-state index contributed by atoms with van der Waals surface area (Å²) in [6.45, 7) is 0.773. The Labute approximate surface area is 106 Å². The molecule has 0 amide bonds. The summed E-state index contributed by atoms with van der Waals surface area (Å²) in [5.74, 6) is 0.776. The predicted molar refractivity (Wildman–Crippen MR) is 64.0 cm³/mol. The summed E-state index contributed by atoms with van der Waals surface area (Å²) in [5.41, 5.74) is 0. The van der Waals surface area contributed by atoms with Crippen molar-refractivity contribution in [2.45, 2.75) is 11.3 Å². The molecule has 18 heavy (non-hydrogen) atoms. The van der Waals surface area contributed by atoms with Gasteiger partial charge < -0.3 is 9.47 Å². The normalized spacial score (nSPS) is 16.8. The molecule has 0 saturated carbocycles. The molecule has 0 radical (unpaired) electrons. The third-order valence-electron chi connectivity index (χ3n) is 2.64. The van der Waals surface area contributed by atoms with E-state index >= 15 is 0 Å². The molecule has 1 aliphatic heterocycles. The van der Waals surface area contributed by atoms with E-state index in [1.54, 1.807) is 6.07 Å². The molecule has 0 atom stereocenters. The van der Waals surface area contributed by atoms with Crippen LogP contribution in [0.1, 0.15) is 6.42 Å². The minimum atomic E-state index is -3.68. The molecule has 0 aromatic heterocycles. The highest BCUT2D eigenvalue weighted by Gasteiger charge is 2.31. The van der Waals surface area contributed by atoms with Gasteiger partial charge in [0, 0.05) is 12.6 Å². The van der Waals surface area contributed by atoms with E-state index in [0.717, 1.165) is 4.47 Å². The third-order valence-corrected chi connectivity index (χ3v) is 4.35. The van der Waals surface area contributed by atoms with Crippen LogP contribution in [0.5, 0.6) is 11.5 Å². The van der Waals surface area contributed by atoms with Gasteiger partial charge in [-0.1, -0.05) is 4.47 Å². The van der Waals surface area contributed by atoms with Gasteiger partial charge in [0.05, 0.1) is 20.8 Å². The molecule has 100 valence electrons. The molecule has 0 bridgehead atoms. The van der Waals surface area contributed by atoms with Gasteiger partial charge in [-0.05, 0) is 18.6 Å². The highest BCUT2D eigenvalue weighted by molar-refractivity contribution is 7.89. The summed E-state index contributed by atoms with van der Waals surface area (Å²) in [4.78, 5) is 5.16. The van der Waals surface area contributed by atoms with E-state index in [0.29, 0.717) is 25.3 Å². The van der Waals surface area contributed by atoms with E-state index < -0.39 is 10.0 Å². The summed E-state index contributed by atoms with van der Waals surface area (Å²) < 4.78 is 35.7. The van der Waals surface area contributed by atoms with Crippen molar-refractivity contribution >= 4 is 10.0 Å². The Bertz CT molecular complexity index is 522. The number of hydroxylamine groups is 1. The number of sulfonamides is 1. The van der Waals surface area contributed by atoms with Crippen molar-refractivity contribution < 1.29 is 22.7 Å². The molecule has 0 unspecified atom stereocenters. The number of nitrogens with zero attached hydrogens (tertiary/aromatic N) is 1. The molecule has 2 rings (SSSR count). The first kappa shape index (κ1) is 13.1. The molecule has 0 N–H and O–H groups in total. The smallest absolute Gasteiger partial charge is 0.268 e. The van der Waals surface area contributed by atoms with E-state index in [9.17, 15) is 8.42 Å². The summed E-state index contributed by atoms with van der Waals surface area (Å²) in [5, 5.41) is 0. The van der Waals surface area contributed by atoms with Crippen LogP contribution in [-0.4, -0.2) is 40.3 Å². The highest BCUT2D eigenvalue weighted by Crippen LogP contribution is 2.31. The quantitative estimate of drug-likeness (QED) is 0.819. The number of hydrogen-bond donors (Lipinski definition) is 0. The van der Waals surface area contributed by atoms with Gasteiger partial charge in [0.15, 0.2) is 0 Å². The van der Waals surface area contributed by atoms with Crippen LogP contribution in [0, 0.1) is 0 Å². The zero-order chi connectivity index (χ0) is 13.2. The van der Waals surface area contributed by atoms with Crippen LogP contribution in [0.15, 0.2) is 23.1 Å². The van der Waals surface area contributed by atoms with Crippen LogP contribution in [0.2, 0.25) is 0 Å². The van der Waals surface area contributed by atoms with Gasteiger partial charge in [-0.15, -0.1) is 0 Å². The minimum absolute atomic E-state index is 0.0766. The zero-order valence-electron chi connectivity index (χ0n) is 10.3. The molecule has 0 spiro atoms. The number of hydrogen-bond acceptors (Lipinski definition) is 5. The van der Waals surface area contributed by atoms with Crippen LogP contribution >= 0.6 is 0 Å². The first-order valence-corrected chi connectivity index (χ1v) is 6.91. The molecule has 7 heteroatoms. The topological polar surface area (TPSA) is 65.1 Å². The van der Waals surface area contributed by atoms with Gasteiger partial charge in [0.2, 0.25) is 0 Å². The molecular formula is C11H15NO5S. The Morgan fingerprint density at radius 3 is 2.61 bits per heavy atom. The molecule has 0 aliphatic carbocycles. The van der Waals surface area contributed by atoms with Crippen molar-refractivity contribution in [3.8, 4) is 11.5 Å². The van der Waals surface area contributed by atoms with Gasteiger partial charge in [0.1, 0.15) is 16.4 Å². The summed E-state index contributed by atoms with van der Waals surface area (Å²) in [7, 11) is -0.754. The molecule has 1 fully saturated rings. The van der Waals surface area contributed by atoms with E-state index in [1.807, 2.05) is 0 Å². The first-order valence-electron chi connectivity index (χ1n) is 5.47. The van der Waals surface area contributed by atoms with Crippen LogP contribution in [0.3, 0.4) is 0 Å². The number of methoxy groups -OCH3 is 2. The van der Waals surface area contributed by atoms with Crippen LogP contribution < -0.4 is 9.47 Å². The first-order chi connectivity index (χ1) is 8.59. The van der Waals surface area contributed by atoms with E-state index in [2.05, 4.69) is 0 Å². The molecule has 1 aromatic carbocycles. The third kappa shape index (κ3) is 2.29. The average molecular weight is 273 g/mol. The van der Waals surface area contributed by atoms with Crippen molar-refractivity contribution in [3.63, 3.8) is 0 Å². The van der Waals surface area contributed by atoms with E-state index in [1.165, 1.54) is 26.4 Å². The maximum absolute atomic E-state index is 12.3. The standard InChI is InChI=1S/C11H15NO5S/c1-15-9-4-5-11(10(8-9)16-2)18(13,14)12-6-3-7-17-12/h4-5,8H,3,6-7H2,1-2H3. The lowest BCUT2D eigenvalue weighted by Crippen LogP contribution is -2.27. The SMILES string of the molecule is COc1ccc(S(=O)(=O)N2CCCO2)c(OC)c1. The predicted octanol–water partition coefficient (Wildman–Crippen LogP) is 1.03. The maximum atomic E-state index is 12.3. The fraction of sp³-hybridized carbons (Fsp3) is 0.455. The highest BCUT2D eigenvalue weighted by atomic mass is 32.2. The molecular weight excluding hydrogens is 258 g/mol. The molecule has 1 saturated heterocycles. The lowest BCUT2D eigenvalue weighted by Gasteiger charge is -2.16. The number of rotatable bonds is 4. The summed E-state index contributed by atoms with van der Waals surface area (Å²) >= 11 is 0. The van der Waals surface area contributed by atoms with Crippen LogP contribution in [-0.2, 0) is 14.9 Å². The van der Waals surface area contributed by atoms with Crippen molar-refractivity contribution in [2.75, 3.05) is 27.4 Å². The Kier molecular flexibility index (Phi) is 3.74. The van der Waals surface area contributed by atoms with Gasteiger partial charge >= 0.3 is 0 Å². The Hall–Kier alpha value is -1.31. The fourth-order valence-electron chi connectivity index (χ4n) is 1.71. The number of benzene rings is 1. The van der Waals surface area contributed by atoms with Crippen molar-refractivity contribution in [3.05, 3.63) is 18.2 Å². The minimum Gasteiger partial charge on any atom is -0.497 e. The maximum Gasteiger partial charge on any atom is 0.268 e. The van der Waals surface area contributed by atoms with Gasteiger partial charge in [-0.25, -0.2) is 8.42 Å². The average Bonchev–Trinajstić information content (AvgIpc) is 2.92. The van der Waals surface area contributed by atoms with Crippen molar-refractivity contribution in [2.24, 2.45) is 0 Å². The Morgan fingerprint density at radius 2 is 2.06 bits per heavy atom. The van der Waals surface area contributed by atoms with E-state index in [-0.39, 0.29) is 10.6 Å². The largest absolute Gasteiger partial charge is 0.497 e. The summed E-state index contributed by atoms with van der Waals surface area (Å²) in [6, 6.07) is 4.56. The van der Waals surface area contributed by atoms with Gasteiger partial charge in [-0.2, -0.15) is 0 Å². The second-order valence-corrected chi connectivity index (χ2v) is 5.53. The Morgan fingerprint density at radius 1 is 1.28 bits per heavy atom. The summed E-state index contributed by atoms with van der Waals surface area (Å²) in [6.07, 6.45) is 0.692. The van der Waals surface area contributed by atoms with Crippen molar-refractivity contribution in [1.29, 1.82) is 0 Å². The van der Waals surface area contributed by atoms with Gasteiger partial charge in [-0.3, -0.25) is 4.84 Å². The molecule has 6 nitrogen and oxygen atoms in total.